The third-order valence-electron chi connectivity index (χ3n) is 8.00. The zero-order valence-corrected chi connectivity index (χ0v) is 22.0. The van der Waals surface area contributed by atoms with E-state index in [2.05, 4.69) is 162 Å². The van der Waals surface area contributed by atoms with E-state index in [9.17, 15) is 0 Å². The maximum absolute atomic E-state index is 2.42. The first-order valence-corrected chi connectivity index (χ1v) is 13.6. The summed E-state index contributed by atoms with van der Waals surface area (Å²) in [6, 6.07) is 47.9. The van der Waals surface area contributed by atoms with Crippen molar-refractivity contribution in [3.63, 3.8) is 0 Å². The van der Waals surface area contributed by atoms with Crippen molar-refractivity contribution in [3.8, 4) is 16.8 Å². The van der Waals surface area contributed by atoms with Gasteiger partial charge >= 0.3 is 0 Å². The van der Waals surface area contributed by atoms with Gasteiger partial charge in [-0.25, -0.2) is 0 Å². The van der Waals surface area contributed by atoms with Crippen LogP contribution in [-0.4, -0.2) is 11.6 Å². The second-order valence-electron chi connectivity index (χ2n) is 10.3. The Hall–Kier alpha value is -4.82. The predicted octanol–water partition coefficient (Wildman–Crippen LogP) is 9.42. The Labute approximate surface area is 230 Å². The number of hydrogen-bond acceptors (Lipinski definition) is 1. The van der Waals surface area contributed by atoms with E-state index in [-0.39, 0.29) is 0 Å². The van der Waals surface area contributed by atoms with E-state index < -0.39 is 0 Å². The molecule has 0 radical (unpaired) electrons. The quantitative estimate of drug-likeness (QED) is 0.228. The molecule has 1 aliphatic rings. The fourth-order valence-corrected chi connectivity index (χ4v) is 6.03. The molecular weight excluding hydrogens is 472 g/mol. The van der Waals surface area contributed by atoms with Crippen LogP contribution < -0.4 is 4.90 Å². The average molecular weight is 503 g/mol. The number of allylic oxidation sites excluding steroid dienone is 1. The van der Waals surface area contributed by atoms with Crippen LogP contribution in [-0.2, 0) is 6.42 Å². The van der Waals surface area contributed by atoms with E-state index in [1.165, 1.54) is 55.9 Å². The van der Waals surface area contributed by atoms with Crippen LogP contribution in [0, 0.1) is 0 Å². The minimum atomic E-state index is 0.305. The highest BCUT2D eigenvalue weighted by atomic mass is 15.1. The molecule has 2 nitrogen and oxygen atoms in total. The normalized spacial score (nSPS) is 14.3. The van der Waals surface area contributed by atoms with Crippen molar-refractivity contribution in [2.75, 3.05) is 11.9 Å². The molecule has 7 rings (SSSR count). The summed E-state index contributed by atoms with van der Waals surface area (Å²) in [5.74, 6) is 0.305. The van der Waals surface area contributed by atoms with Crippen LogP contribution in [0.4, 0.5) is 11.4 Å². The number of fused-ring (bicyclic) bond motifs is 3. The van der Waals surface area contributed by atoms with Crippen molar-refractivity contribution >= 4 is 28.4 Å². The molecule has 1 aliphatic carbocycles. The Bertz CT molecular complexity index is 1780. The monoisotopic (exact) mass is 502 g/mol. The van der Waals surface area contributed by atoms with Crippen molar-refractivity contribution in [1.82, 2.24) is 4.57 Å². The lowest BCUT2D eigenvalue weighted by molar-refractivity contribution is 0.827. The van der Waals surface area contributed by atoms with Crippen molar-refractivity contribution in [3.05, 3.63) is 156 Å². The van der Waals surface area contributed by atoms with Crippen LogP contribution in [0.5, 0.6) is 0 Å². The summed E-state index contributed by atoms with van der Waals surface area (Å²) in [5, 5.41) is 1.32. The molecule has 1 heterocycles. The van der Waals surface area contributed by atoms with Gasteiger partial charge in [-0.05, 0) is 77.2 Å². The Morgan fingerprint density at radius 3 is 2.10 bits per heavy atom. The maximum atomic E-state index is 2.42. The number of anilines is 2. The van der Waals surface area contributed by atoms with E-state index in [4.69, 9.17) is 0 Å². The highest BCUT2D eigenvalue weighted by molar-refractivity contribution is 5.94. The summed E-state index contributed by atoms with van der Waals surface area (Å²) in [4.78, 5) is 2.27. The Balaban J connectivity index is 1.38. The highest BCUT2D eigenvalue weighted by Gasteiger charge is 2.25. The maximum Gasteiger partial charge on any atom is 0.0539 e. The molecule has 0 spiro atoms. The van der Waals surface area contributed by atoms with Gasteiger partial charge in [0.15, 0.2) is 0 Å². The van der Waals surface area contributed by atoms with Crippen LogP contribution in [0.25, 0.3) is 33.8 Å². The molecule has 5 aromatic carbocycles. The van der Waals surface area contributed by atoms with Crippen molar-refractivity contribution in [2.24, 2.45) is 0 Å². The third kappa shape index (κ3) is 4.15. The number of hydrogen-bond donors (Lipinski definition) is 0. The molecule has 1 unspecified atom stereocenters. The summed E-state index contributed by atoms with van der Waals surface area (Å²) in [7, 11) is 2.15. The molecule has 0 amide bonds. The van der Waals surface area contributed by atoms with Crippen molar-refractivity contribution in [2.45, 2.75) is 12.3 Å². The summed E-state index contributed by atoms with van der Waals surface area (Å²) in [6.07, 6.45) is 5.71. The predicted molar refractivity (Wildman–Crippen MR) is 165 cm³/mol. The molecule has 0 aliphatic heterocycles. The van der Waals surface area contributed by atoms with Gasteiger partial charge in [0.1, 0.15) is 0 Å². The molecule has 0 saturated heterocycles. The van der Waals surface area contributed by atoms with Crippen LogP contribution in [0.2, 0.25) is 0 Å². The van der Waals surface area contributed by atoms with Gasteiger partial charge < -0.3 is 9.47 Å². The van der Waals surface area contributed by atoms with Crippen LogP contribution in [0.3, 0.4) is 0 Å². The van der Waals surface area contributed by atoms with Crippen molar-refractivity contribution in [1.29, 1.82) is 0 Å². The molecule has 1 aromatic heterocycles. The SMILES string of the molecule is CN(c1ccccc1)c1ccc2c(c1)c1c(n2-c2ccccc2)C=CC(c2ccccc2-c2ccccc2)C1. The van der Waals surface area contributed by atoms with Gasteiger partial charge in [-0.3, -0.25) is 0 Å². The Kier molecular flexibility index (Phi) is 5.86. The number of rotatable bonds is 5. The fourth-order valence-electron chi connectivity index (χ4n) is 6.03. The Morgan fingerprint density at radius 2 is 1.33 bits per heavy atom. The molecule has 188 valence electrons. The van der Waals surface area contributed by atoms with E-state index in [0.29, 0.717) is 5.92 Å². The molecular formula is C37H30N2. The highest BCUT2D eigenvalue weighted by Crippen LogP contribution is 2.42. The fraction of sp³-hybridized carbons (Fsp3) is 0.0811. The zero-order chi connectivity index (χ0) is 26.2. The number of benzene rings is 5. The standard InChI is InChI=1S/C37H30N2/c1-38(29-15-7-3-8-16-29)31-22-24-37-35(26-31)34-25-28(21-23-36(34)39(37)30-17-9-4-10-18-30)33-20-12-11-19-32(33)27-13-5-2-6-14-27/h2-24,26,28H,25H2,1H3. The number of nitrogens with zero attached hydrogens (tertiary/aromatic N) is 2. The lowest BCUT2D eigenvalue weighted by Crippen LogP contribution is -2.09. The first-order valence-electron chi connectivity index (χ1n) is 13.6. The van der Waals surface area contributed by atoms with Crippen LogP contribution >= 0.6 is 0 Å². The van der Waals surface area contributed by atoms with Gasteiger partial charge in [-0.15, -0.1) is 0 Å². The lowest BCUT2D eigenvalue weighted by Gasteiger charge is -2.22. The molecule has 6 aromatic rings. The average Bonchev–Trinajstić information content (AvgIpc) is 3.35. The van der Waals surface area contributed by atoms with E-state index in [0.717, 1.165) is 6.42 Å². The van der Waals surface area contributed by atoms with Gasteiger partial charge in [0.05, 0.1) is 5.52 Å². The molecule has 0 bridgehead atoms. The molecule has 0 saturated carbocycles. The minimum absolute atomic E-state index is 0.305. The molecule has 2 heteroatoms. The Morgan fingerprint density at radius 1 is 0.667 bits per heavy atom. The minimum Gasteiger partial charge on any atom is -0.345 e. The smallest absolute Gasteiger partial charge is 0.0539 e. The molecule has 0 fully saturated rings. The first-order chi connectivity index (χ1) is 19.3. The van der Waals surface area contributed by atoms with E-state index in [1.54, 1.807) is 0 Å². The van der Waals surface area contributed by atoms with Gasteiger partial charge in [0, 0.05) is 41.1 Å². The summed E-state index contributed by atoms with van der Waals surface area (Å²) in [5.41, 5.74) is 11.5. The summed E-state index contributed by atoms with van der Waals surface area (Å²) in [6.45, 7) is 0. The molecule has 1 atom stereocenters. The number of aromatic nitrogens is 1. The van der Waals surface area contributed by atoms with E-state index in [1.807, 2.05) is 0 Å². The summed E-state index contributed by atoms with van der Waals surface area (Å²) >= 11 is 0. The van der Waals surface area contributed by atoms with Gasteiger partial charge in [-0.2, -0.15) is 0 Å². The second kappa shape index (κ2) is 9.81. The third-order valence-corrected chi connectivity index (χ3v) is 8.00. The van der Waals surface area contributed by atoms with Crippen LogP contribution in [0.1, 0.15) is 22.7 Å². The zero-order valence-electron chi connectivity index (χ0n) is 22.0. The van der Waals surface area contributed by atoms with Gasteiger partial charge in [0.2, 0.25) is 0 Å². The van der Waals surface area contributed by atoms with Crippen LogP contribution in [0.15, 0.2) is 140 Å². The van der Waals surface area contributed by atoms with Gasteiger partial charge in [-0.1, -0.05) is 97.1 Å². The molecule has 0 N–H and O–H groups in total. The summed E-state index contributed by atoms with van der Waals surface area (Å²) < 4.78 is 2.42. The topological polar surface area (TPSA) is 8.17 Å². The number of para-hydroxylation sites is 2. The van der Waals surface area contributed by atoms with Gasteiger partial charge in [0.25, 0.3) is 0 Å². The van der Waals surface area contributed by atoms with Crippen molar-refractivity contribution < 1.29 is 0 Å². The second-order valence-corrected chi connectivity index (χ2v) is 10.3. The largest absolute Gasteiger partial charge is 0.345 e. The first kappa shape index (κ1) is 23.3. The molecule has 39 heavy (non-hydrogen) atoms. The lowest BCUT2D eigenvalue weighted by atomic mass is 9.83. The van der Waals surface area contributed by atoms with E-state index >= 15 is 0 Å².